The van der Waals surface area contributed by atoms with E-state index in [4.69, 9.17) is 14.2 Å². The molecule has 4 rings (SSSR count). The fourth-order valence-corrected chi connectivity index (χ4v) is 4.50. The van der Waals surface area contributed by atoms with E-state index in [1.54, 1.807) is 6.07 Å². The molecule has 0 saturated heterocycles. The van der Waals surface area contributed by atoms with Gasteiger partial charge in [-0.15, -0.1) is 0 Å². The SMILES string of the molecule is O=S(=O)(NC1CCCOc2ccc(F)cc21)c1ccc2c(c1)OCCCO2. The smallest absolute Gasteiger partial charge is 0.241 e. The highest BCUT2D eigenvalue weighted by Gasteiger charge is 2.27. The minimum atomic E-state index is -3.84. The Kier molecular flexibility index (Phi) is 4.92. The van der Waals surface area contributed by atoms with Crippen LogP contribution in [0.1, 0.15) is 30.9 Å². The Morgan fingerprint density at radius 3 is 2.44 bits per heavy atom. The van der Waals surface area contributed by atoms with Gasteiger partial charge in [0, 0.05) is 18.1 Å². The number of hydrogen-bond donors (Lipinski definition) is 1. The van der Waals surface area contributed by atoms with Crippen LogP contribution in [0.5, 0.6) is 17.2 Å². The second-order valence-corrected chi connectivity index (χ2v) is 8.22. The fraction of sp³-hybridized carbons (Fsp3) is 0.368. The molecule has 0 fully saturated rings. The van der Waals surface area contributed by atoms with Gasteiger partial charge in [0.1, 0.15) is 11.6 Å². The molecule has 0 aliphatic carbocycles. The molecule has 2 heterocycles. The predicted octanol–water partition coefficient (Wildman–Crippen LogP) is 3.18. The summed E-state index contributed by atoms with van der Waals surface area (Å²) in [6, 6.07) is 8.13. The predicted molar refractivity (Wildman–Crippen MR) is 96.2 cm³/mol. The summed E-state index contributed by atoms with van der Waals surface area (Å²) < 4.78 is 59.0. The molecule has 2 aromatic carbocycles. The summed E-state index contributed by atoms with van der Waals surface area (Å²) in [4.78, 5) is 0.0786. The number of sulfonamides is 1. The van der Waals surface area contributed by atoms with Gasteiger partial charge in [0.15, 0.2) is 11.5 Å². The molecule has 2 aliphatic rings. The average Bonchev–Trinajstić information content (AvgIpc) is 2.99. The first-order valence-electron chi connectivity index (χ1n) is 8.87. The molecule has 8 heteroatoms. The van der Waals surface area contributed by atoms with Gasteiger partial charge in [-0.05, 0) is 43.2 Å². The zero-order valence-corrected chi connectivity index (χ0v) is 15.4. The Morgan fingerprint density at radius 2 is 1.59 bits per heavy atom. The largest absolute Gasteiger partial charge is 0.493 e. The lowest BCUT2D eigenvalue weighted by molar-refractivity contribution is 0.297. The number of ether oxygens (including phenoxy) is 3. The summed E-state index contributed by atoms with van der Waals surface area (Å²) in [7, 11) is -3.84. The molecule has 144 valence electrons. The molecule has 0 bridgehead atoms. The van der Waals surface area contributed by atoms with Gasteiger partial charge in [0.25, 0.3) is 0 Å². The van der Waals surface area contributed by atoms with E-state index >= 15 is 0 Å². The van der Waals surface area contributed by atoms with Crippen molar-refractivity contribution in [2.45, 2.75) is 30.2 Å². The summed E-state index contributed by atoms with van der Waals surface area (Å²) in [5, 5.41) is 0. The molecular weight excluding hydrogens is 373 g/mol. The van der Waals surface area contributed by atoms with Crippen molar-refractivity contribution in [2.75, 3.05) is 19.8 Å². The Labute approximate surface area is 157 Å². The molecule has 6 nitrogen and oxygen atoms in total. The highest BCUT2D eigenvalue weighted by atomic mass is 32.2. The molecule has 1 atom stereocenters. The van der Waals surface area contributed by atoms with Gasteiger partial charge in [-0.2, -0.15) is 0 Å². The van der Waals surface area contributed by atoms with Crippen LogP contribution in [0.25, 0.3) is 0 Å². The Hall–Kier alpha value is -2.32. The number of hydrogen-bond acceptors (Lipinski definition) is 5. The second-order valence-electron chi connectivity index (χ2n) is 6.51. The zero-order valence-electron chi connectivity index (χ0n) is 14.6. The van der Waals surface area contributed by atoms with E-state index in [1.807, 2.05) is 0 Å². The summed E-state index contributed by atoms with van der Waals surface area (Å²) >= 11 is 0. The Morgan fingerprint density at radius 1 is 0.889 bits per heavy atom. The van der Waals surface area contributed by atoms with Crippen LogP contribution in [0.15, 0.2) is 41.3 Å². The lowest BCUT2D eigenvalue weighted by atomic mass is 10.0. The summed E-state index contributed by atoms with van der Waals surface area (Å²) in [5.74, 6) is 1.01. The van der Waals surface area contributed by atoms with Gasteiger partial charge in [-0.1, -0.05) is 0 Å². The van der Waals surface area contributed by atoms with Crippen molar-refractivity contribution in [1.82, 2.24) is 4.72 Å². The van der Waals surface area contributed by atoms with E-state index in [2.05, 4.69) is 4.72 Å². The van der Waals surface area contributed by atoms with Gasteiger partial charge in [-0.25, -0.2) is 17.5 Å². The minimum Gasteiger partial charge on any atom is -0.493 e. The van der Waals surface area contributed by atoms with Crippen molar-refractivity contribution >= 4 is 10.0 Å². The van der Waals surface area contributed by atoms with Crippen LogP contribution >= 0.6 is 0 Å². The highest BCUT2D eigenvalue weighted by Crippen LogP contribution is 2.35. The van der Waals surface area contributed by atoms with E-state index in [0.29, 0.717) is 55.5 Å². The van der Waals surface area contributed by atoms with E-state index in [-0.39, 0.29) is 4.90 Å². The van der Waals surface area contributed by atoms with E-state index in [1.165, 1.54) is 30.3 Å². The number of rotatable bonds is 3. The van der Waals surface area contributed by atoms with Crippen LogP contribution in [-0.2, 0) is 10.0 Å². The molecule has 2 aliphatic heterocycles. The van der Waals surface area contributed by atoms with E-state index in [9.17, 15) is 12.8 Å². The van der Waals surface area contributed by atoms with Crippen molar-refractivity contribution in [3.05, 3.63) is 47.8 Å². The minimum absolute atomic E-state index is 0.0786. The van der Waals surface area contributed by atoms with Gasteiger partial charge >= 0.3 is 0 Å². The molecule has 1 unspecified atom stereocenters. The van der Waals surface area contributed by atoms with Crippen LogP contribution in [0, 0.1) is 5.82 Å². The van der Waals surface area contributed by atoms with Crippen molar-refractivity contribution < 1.29 is 27.0 Å². The van der Waals surface area contributed by atoms with Gasteiger partial charge in [0.05, 0.1) is 30.8 Å². The average molecular weight is 393 g/mol. The molecule has 1 N–H and O–H groups in total. The third-order valence-electron chi connectivity index (χ3n) is 4.57. The third kappa shape index (κ3) is 3.86. The zero-order chi connectivity index (χ0) is 18.9. The topological polar surface area (TPSA) is 73.9 Å². The fourth-order valence-electron chi connectivity index (χ4n) is 3.24. The Balaban J connectivity index is 1.64. The molecule has 0 radical (unpaired) electrons. The number of fused-ring (bicyclic) bond motifs is 2. The monoisotopic (exact) mass is 393 g/mol. The van der Waals surface area contributed by atoms with Crippen molar-refractivity contribution in [2.24, 2.45) is 0 Å². The maximum absolute atomic E-state index is 13.7. The number of benzene rings is 2. The molecule has 0 aromatic heterocycles. The Bertz CT molecular complexity index is 947. The van der Waals surface area contributed by atoms with Crippen LogP contribution < -0.4 is 18.9 Å². The maximum Gasteiger partial charge on any atom is 0.241 e. The third-order valence-corrected chi connectivity index (χ3v) is 6.04. The van der Waals surface area contributed by atoms with Gasteiger partial charge in [-0.3, -0.25) is 0 Å². The summed E-state index contributed by atoms with van der Waals surface area (Å²) in [6.07, 6.45) is 1.91. The molecule has 0 saturated carbocycles. The first kappa shape index (κ1) is 18.1. The van der Waals surface area contributed by atoms with Crippen LogP contribution in [0.3, 0.4) is 0 Å². The summed E-state index contributed by atoms with van der Waals surface area (Å²) in [6.45, 7) is 1.46. The van der Waals surface area contributed by atoms with Crippen molar-refractivity contribution in [3.63, 3.8) is 0 Å². The quantitative estimate of drug-likeness (QED) is 0.867. The van der Waals surface area contributed by atoms with Crippen LogP contribution in [0.4, 0.5) is 4.39 Å². The molecular formula is C19H20FNO5S. The summed E-state index contributed by atoms with van der Waals surface area (Å²) in [5.41, 5.74) is 0.505. The number of nitrogens with one attached hydrogen (secondary N) is 1. The van der Waals surface area contributed by atoms with Crippen molar-refractivity contribution in [1.29, 1.82) is 0 Å². The molecule has 0 spiro atoms. The van der Waals surface area contributed by atoms with Crippen LogP contribution in [-0.4, -0.2) is 28.2 Å². The van der Waals surface area contributed by atoms with Gasteiger partial charge < -0.3 is 14.2 Å². The normalized spacial score (nSPS) is 19.4. The molecule has 2 aromatic rings. The van der Waals surface area contributed by atoms with E-state index in [0.717, 1.165) is 6.42 Å². The maximum atomic E-state index is 13.7. The lowest BCUT2D eigenvalue weighted by Gasteiger charge is -2.19. The second kappa shape index (κ2) is 7.36. The van der Waals surface area contributed by atoms with Gasteiger partial charge in [0.2, 0.25) is 10.0 Å². The highest BCUT2D eigenvalue weighted by molar-refractivity contribution is 7.89. The molecule has 27 heavy (non-hydrogen) atoms. The molecule has 0 amide bonds. The first-order valence-corrected chi connectivity index (χ1v) is 10.4. The van der Waals surface area contributed by atoms with E-state index < -0.39 is 21.9 Å². The van der Waals surface area contributed by atoms with Crippen LogP contribution in [0.2, 0.25) is 0 Å². The van der Waals surface area contributed by atoms with Crippen molar-refractivity contribution in [3.8, 4) is 17.2 Å². The standard InChI is InChI=1S/C19H20FNO5S/c20-13-4-6-17-15(11-13)16(3-1-8-24-17)21-27(22,23)14-5-7-18-19(12-14)26-10-2-9-25-18/h4-7,11-12,16,21H,1-3,8-10H2. The first-order chi connectivity index (χ1) is 13.0. The lowest BCUT2D eigenvalue weighted by Crippen LogP contribution is -2.28. The number of halogens is 1.